The van der Waals surface area contributed by atoms with Crippen LogP contribution in [0.1, 0.15) is 11.1 Å². The summed E-state index contributed by atoms with van der Waals surface area (Å²) in [6.45, 7) is 0. The fourth-order valence-electron chi connectivity index (χ4n) is 3.29. The minimum atomic E-state index is 0.619. The average molecular weight is 352 g/mol. The molecule has 3 rings (SSSR count). The molecule has 4 heteroatoms. The summed E-state index contributed by atoms with van der Waals surface area (Å²) in [5.74, 6) is 2.88. The first kappa shape index (κ1) is 17.9. The summed E-state index contributed by atoms with van der Waals surface area (Å²) in [7, 11) is 6.59. The van der Waals surface area contributed by atoms with Gasteiger partial charge in [0.2, 0.25) is 5.75 Å². The Balaban J connectivity index is 1.91. The first-order valence-electron chi connectivity index (χ1n) is 8.55. The van der Waals surface area contributed by atoms with Gasteiger partial charge in [0.25, 0.3) is 0 Å². The Morgan fingerprint density at radius 3 is 1.81 bits per heavy atom. The molecule has 0 spiro atoms. The van der Waals surface area contributed by atoms with Gasteiger partial charge >= 0.3 is 0 Å². The summed E-state index contributed by atoms with van der Waals surface area (Å²) < 4.78 is 21.8. The molecular weight excluding hydrogens is 328 g/mol. The molecule has 0 N–H and O–H groups in total. The van der Waals surface area contributed by atoms with Gasteiger partial charge in [0, 0.05) is 5.39 Å². The topological polar surface area (TPSA) is 36.9 Å². The van der Waals surface area contributed by atoms with Crippen LogP contribution in [0.15, 0.2) is 48.5 Å². The number of hydrogen-bond donors (Lipinski definition) is 0. The zero-order valence-electron chi connectivity index (χ0n) is 15.7. The summed E-state index contributed by atoms with van der Waals surface area (Å²) in [4.78, 5) is 0. The Hall–Kier alpha value is -2.88. The molecule has 0 amide bonds. The molecule has 136 valence electrons. The second kappa shape index (κ2) is 8.00. The van der Waals surface area contributed by atoms with Crippen molar-refractivity contribution in [3.8, 4) is 23.0 Å². The van der Waals surface area contributed by atoms with Crippen LogP contribution in [0.3, 0.4) is 0 Å². The average Bonchev–Trinajstić information content (AvgIpc) is 2.70. The number of aryl methyl sites for hydroxylation is 2. The van der Waals surface area contributed by atoms with Gasteiger partial charge in [-0.2, -0.15) is 0 Å². The Kier molecular flexibility index (Phi) is 5.52. The Labute approximate surface area is 154 Å². The van der Waals surface area contributed by atoms with Gasteiger partial charge in [-0.15, -0.1) is 0 Å². The standard InChI is InChI=1S/C22H24O4/c1-23-19-12-11-16(17-7-5-6-8-18(17)19)10-9-15-13-20(24-2)22(26-4)21(14-15)25-3/h5-8,11-14H,9-10H2,1-4H3. The van der Waals surface area contributed by atoms with Gasteiger partial charge in [0.1, 0.15) is 5.75 Å². The summed E-state index contributed by atoms with van der Waals surface area (Å²) >= 11 is 0. The maximum absolute atomic E-state index is 5.48. The zero-order chi connectivity index (χ0) is 18.5. The minimum absolute atomic E-state index is 0.619. The second-order valence-electron chi connectivity index (χ2n) is 6.01. The predicted octanol–water partition coefficient (Wildman–Crippen LogP) is 4.66. The van der Waals surface area contributed by atoms with Crippen molar-refractivity contribution >= 4 is 10.8 Å². The van der Waals surface area contributed by atoms with Crippen LogP contribution in [-0.4, -0.2) is 28.4 Å². The Morgan fingerprint density at radius 1 is 0.615 bits per heavy atom. The van der Waals surface area contributed by atoms with E-state index in [9.17, 15) is 0 Å². The van der Waals surface area contributed by atoms with Crippen molar-refractivity contribution in [2.24, 2.45) is 0 Å². The van der Waals surface area contributed by atoms with Crippen LogP contribution in [0.5, 0.6) is 23.0 Å². The second-order valence-corrected chi connectivity index (χ2v) is 6.01. The van der Waals surface area contributed by atoms with E-state index in [-0.39, 0.29) is 0 Å². The number of ether oxygens (including phenoxy) is 4. The molecule has 0 aromatic heterocycles. The van der Waals surface area contributed by atoms with Crippen molar-refractivity contribution in [1.29, 1.82) is 0 Å². The lowest BCUT2D eigenvalue weighted by Gasteiger charge is -2.15. The van der Waals surface area contributed by atoms with Crippen LogP contribution < -0.4 is 18.9 Å². The third-order valence-electron chi connectivity index (χ3n) is 4.60. The predicted molar refractivity (Wildman–Crippen MR) is 104 cm³/mol. The van der Waals surface area contributed by atoms with Crippen LogP contribution in [0.2, 0.25) is 0 Å². The van der Waals surface area contributed by atoms with Crippen molar-refractivity contribution in [3.63, 3.8) is 0 Å². The van der Waals surface area contributed by atoms with Crippen molar-refractivity contribution in [1.82, 2.24) is 0 Å². The van der Waals surface area contributed by atoms with Crippen LogP contribution in [-0.2, 0) is 12.8 Å². The highest BCUT2D eigenvalue weighted by molar-refractivity contribution is 5.91. The van der Waals surface area contributed by atoms with Crippen molar-refractivity contribution < 1.29 is 18.9 Å². The quantitative estimate of drug-likeness (QED) is 0.620. The van der Waals surface area contributed by atoms with E-state index >= 15 is 0 Å². The third kappa shape index (κ3) is 3.40. The number of hydrogen-bond acceptors (Lipinski definition) is 4. The molecule has 0 fully saturated rings. The molecular formula is C22H24O4. The molecule has 0 unspecified atom stereocenters. The van der Waals surface area contributed by atoms with Crippen LogP contribution >= 0.6 is 0 Å². The highest BCUT2D eigenvalue weighted by Crippen LogP contribution is 2.38. The first-order chi connectivity index (χ1) is 12.7. The highest BCUT2D eigenvalue weighted by atomic mass is 16.5. The van der Waals surface area contributed by atoms with E-state index < -0.39 is 0 Å². The molecule has 26 heavy (non-hydrogen) atoms. The summed E-state index contributed by atoms with van der Waals surface area (Å²) in [6.07, 6.45) is 1.77. The van der Waals surface area contributed by atoms with E-state index in [0.29, 0.717) is 17.2 Å². The lowest BCUT2D eigenvalue weighted by Crippen LogP contribution is -1.99. The third-order valence-corrected chi connectivity index (χ3v) is 4.60. The Morgan fingerprint density at radius 2 is 1.23 bits per heavy atom. The van der Waals surface area contributed by atoms with Crippen LogP contribution in [0.25, 0.3) is 10.8 Å². The molecule has 0 aliphatic carbocycles. The zero-order valence-corrected chi connectivity index (χ0v) is 15.7. The van der Waals surface area contributed by atoms with Gasteiger partial charge in [-0.1, -0.05) is 30.3 Å². The van der Waals surface area contributed by atoms with Crippen molar-refractivity contribution in [2.75, 3.05) is 28.4 Å². The molecule has 3 aromatic rings. The molecule has 0 saturated carbocycles. The minimum Gasteiger partial charge on any atom is -0.496 e. The lowest BCUT2D eigenvalue weighted by molar-refractivity contribution is 0.324. The molecule has 0 aliphatic rings. The molecule has 0 bridgehead atoms. The van der Waals surface area contributed by atoms with E-state index in [0.717, 1.165) is 29.5 Å². The maximum Gasteiger partial charge on any atom is 0.203 e. The van der Waals surface area contributed by atoms with Gasteiger partial charge in [-0.25, -0.2) is 0 Å². The number of fused-ring (bicyclic) bond motifs is 1. The summed E-state index contributed by atoms with van der Waals surface area (Å²) in [6, 6.07) is 16.5. The van der Waals surface area contributed by atoms with Gasteiger partial charge < -0.3 is 18.9 Å². The van der Waals surface area contributed by atoms with Crippen molar-refractivity contribution in [3.05, 3.63) is 59.7 Å². The van der Waals surface area contributed by atoms with E-state index in [1.165, 1.54) is 10.9 Å². The van der Waals surface area contributed by atoms with Gasteiger partial charge in [0.05, 0.1) is 28.4 Å². The van der Waals surface area contributed by atoms with Crippen molar-refractivity contribution in [2.45, 2.75) is 12.8 Å². The highest BCUT2D eigenvalue weighted by Gasteiger charge is 2.13. The molecule has 0 saturated heterocycles. The van der Waals surface area contributed by atoms with E-state index in [1.807, 2.05) is 24.3 Å². The normalized spacial score (nSPS) is 10.6. The largest absolute Gasteiger partial charge is 0.496 e. The summed E-state index contributed by atoms with van der Waals surface area (Å²) in [5.41, 5.74) is 2.43. The Bertz CT molecular complexity index is 877. The van der Waals surface area contributed by atoms with Gasteiger partial charge in [-0.05, 0) is 47.6 Å². The molecule has 0 heterocycles. The molecule has 0 aliphatic heterocycles. The van der Waals surface area contributed by atoms with Gasteiger partial charge in [-0.3, -0.25) is 0 Å². The monoisotopic (exact) mass is 352 g/mol. The molecule has 3 aromatic carbocycles. The summed E-state index contributed by atoms with van der Waals surface area (Å²) in [5, 5.41) is 2.36. The molecule has 0 atom stereocenters. The van der Waals surface area contributed by atoms with E-state index in [2.05, 4.69) is 24.3 Å². The van der Waals surface area contributed by atoms with E-state index in [4.69, 9.17) is 18.9 Å². The number of rotatable bonds is 7. The fraction of sp³-hybridized carbons (Fsp3) is 0.273. The maximum atomic E-state index is 5.48. The fourth-order valence-corrected chi connectivity index (χ4v) is 3.29. The van der Waals surface area contributed by atoms with Crippen LogP contribution in [0, 0.1) is 0 Å². The number of methoxy groups -OCH3 is 4. The molecule has 4 nitrogen and oxygen atoms in total. The van der Waals surface area contributed by atoms with Gasteiger partial charge in [0.15, 0.2) is 11.5 Å². The number of benzene rings is 3. The first-order valence-corrected chi connectivity index (χ1v) is 8.55. The molecule has 0 radical (unpaired) electrons. The van der Waals surface area contributed by atoms with E-state index in [1.54, 1.807) is 28.4 Å². The van der Waals surface area contributed by atoms with Crippen LogP contribution in [0.4, 0.5) is 0 Å². The lowest BCUT2D eigenvalue weighted by atomic mass is 9.97. The SMILES string of the molecule is COc1cc(CCc2ccc(OC)c3ccccc23)cc(OC)c1OC. The smallest absolute Gasteiger partial charge is 0.203 e.